The van der Waals surface area contributed by atoms with Crippen molar-refractivity contribution in [1.29, 1.82) is 0 Å². The molecule has 0 fully saturated rings. The Balaban J connectivity index is -0.0000000702. The molecule has 4 nitrogen and oxygen atoms in total. The van der Waals surface area contributed by atoms with E-state index in [1.165, 1.54) is 0 Å². The molecule has 0 aliphatic heterocycles. The van der Waals surface area contributed by atoms with Gasteiger partial charge in [0.1, 0.15) is 0 Å². The molecule has 0 rings (SSSR count). The van der Waals surface area contributed by atoms with Crippen molar-refractivity contribution < 1.29 is 95.5 Å². The summed E-state index contributed by atoms with van der Waals surface area (Å²) in [6.07, 6.45) is -18.1. The van der Waals surface area contributed by atoms with Gasteiger partial charge in [-0.05, 0) is 26.4 Å². The van der Waals surface area contributed by atoms with Crippen molar-refractivity contribution in [3.63, 3.8) is 0 Å². The van der Waals surface area contributed by atoms with E-state index in [1.54, 1.807) is 0 Å². The maximum absolute atomic E-state index is 10.5. The van der Waals surface area contributed by atoms with E-state index >= 15 is 0 Å². The molecule has 0 heterocycles. The Kier molecular flexibility index (Phi) is 22.8. The number of alkyl halides is 12. The zero-order valence-electron chi connectivity index (χ0n) is 11.4. The summed E-state index contributed by atoms with van der Waals surface area (Å²) in [7, 11) is 0. The summed E-state index contributed by atoms with van der Waals surface area (Å²) in [5.41, 5.74) is 0. The molecule has 0 unspecified atom stereocenters. The number of halogens is 12. The van der Waals surface area contributed by atoms with E-state index < -0.39 is 51.1 Å². The van der Waals surface area contributed by atoms with Crippen LogP contribution in [0, 0.1) is 0 Å². The van der Waals surface area contributed by atoms with Crippen LogP contribution < -0.4 is 20.4 Å². The summed E-state index contributed by atoms with van der Waals surface area (Å²) in [4.78, 5) is 0. The van der Waals surface area contributed by atoms with E-state index in [0.29, 0.717) is 0 Å². The summed E-state index contributed by atoms with van der Waals surface area (Å²) >= 11 is 0. The van der Waals surface area contributed by atoms with Crippen LogP contribution in [-0.4, -0.2) is 51.1 Å². The van der Waals surface area contributed by atoms with Crippen LogP contribution in [0.1, 0.15) is 0 Å². The summed E-state index contributed by atoms with van der Waals surface area (Å²) in [5, 5.41) is 35.3. The van der Waals surface area contributed by atoms with E-state index in [-0.39, 0.29) is 22.4 Å². The zero-order valence-corrected chi connectivity index (χ0v) is 14.7. The number of rotatable bonds is 0. The summed E-state index contributed by atoms with van der Waals surface area (Å²) in [6.45, 7) is -7.92. The van der Waals surface area contributed by atoms with Gasteiger partial charge < -0.3 is 20.4 Å². The molecule has 157 valence electrons. The normalized spacial score (nSPS) is 11.5. The van der Waals surface area contributed by atoms with E-state index in [9.17, 15) is 52.7 Å². The van der Waals surface area contributed by atoms with E-state index in [1.807, 2.05) is 0 Å². The molecule has 0 aliphatic rings. The molecule has 0 saturated heterocycles. The van der Waals surface area contributed by atoms with E-state index in [0.717, 1.165) is 0 Å². The Labute approximate surface area is 147 Å². The second kappa shape index (κ2) is 16.0. The maximum atomic E-state index is 10.5. The average Bonchev–Trinajstić information content (AvgIpc) is 2.37. The Morgan fingerprint density at radius 3 is 0.400 bits per heavy atom. The third kappa shape index (κ3) is 81.4. The molecule has 0 spiro atoms. The van der Waals surface area contributed by atoms with Crippen molar-refractivity contribution in [1.82, 2.24) is 0 Å². The molecule has 0 aromatic carbocycles. The molecule has 1 radical (unpaired) electrons. The minimum atomic E-state index is -4.51. The third-order valence-electron chi connectivity index (χ3n) is 0.655. The third-order valence-corrected chi connectivity index (χ3v) is 0.655. The first-order chi connectivity index (χ1) is 10.2. The predicted octanol–water partition coefficient (Wildman–Crippen LogP) is -0.367. The van der Waals surface area contributed by atoms with Gasteiger partial charge in [-0.25, -0.2) is 0 Å². The van der Waals surface area contributed by atoms with Gasteiger partial charge in [-0.1, -0.05) is 0 Å². The SMILES string of the molecule is [O-]CC(F)(F)F.[O-]CC(F)(F)F.[O-]CC(F)(F)F.[O-]CC(F)(F)F.[Ta]. The minimum absolute atomic E-state index is 0. The van der Waals surface area contributed by atoms with Crippen LogP contribution in [0.3, 0.4) is 0 Å². The Hall–Kier alpha value is -0.260. The fourth-order valence-electron chi connectivity index (χ4n) is 0. The first kappa shape index (κ1) is 35.8. The molecular formula is C8H8F12O4Ta-4. The van der Waals surface area contributed by atoms with Gasteiger partial charge in [0.15, 0.2) is 0 Å². The monoisotopic (exact) mass is 577 g/mol. The van der Waals surface area contributed by atoms with Gasteiger partial charge in [-0.15, -0.1) is 0 Å². The summed E-state index contributed by atoms with van der Waals surface area (Å²) in [6, 6.07) is 0. The fourth-order valence-corrected chi connectivity index (χ4v) is 0. The molecule has 17 heteroatoms. The molecule has 0 aliphatic carbocycles. The smallest absolute Gasteiger partial charge is 0.374 e. The van der Waals surface area contributed by atoms with Crippen LogP contribution in [0.25, 0.3) is 0 Å². The first-order valence-corrected chi connectivity index (χ1v) is 4.84. The van der Waals surface area contributed by atoms with Gasteiger partial charge in [0.2, 0.25) is 0 Å². The van der Waals surface area contributed by atoms with Crippen LogP contribution in [0.5, 0.6) is 0 Å². The molecule has 0 bridgehead atoms. The standard InChI is InChI=1S/4C2H2F3O.Ta/c4*3-2(4,5)1-6;/h4*1H2;/q4*-1;. The first-order valence-electron chi connectivity index (χ1n) is 4.84. The molecular weight excluding hydrogens is 569 g/mol. The largest absolute Gasteiger partial charge is 0.848 e. The van der Waals surface area contributed by atoms with Crippen LogP contribution >= 0.6 is 0 Å². The maximum Gasteiger partial charge on any atom is 0.374 e. The molecule has 0 atom stereocenters. The summed E-state index contributed by atoms with van der Waals surface area (Å²) in [5.74, 6) is 0. The molecule has 0 aromatic rings. The molecule has 0 amide bonds. The van der Waals surface area contributed by atoms with Crippen molar-refractivity contribution in [2.45, 2.75) is 24.7 Å². The van der Waals surface area contributed by atoms with Crippen molar-refractivity contribution in [3.05, 3.63) is 0 Å². The second-order valence-corrected chi connectivity index (χ2v) is 3.04. The average molecular weight is 577 g/mol. The van der Waals surface area contributed by atoms with Gasteiger partial charge >= 0.3 is 24.7 Å². The molecule has 0 saturated carbocycles. The van der Waals surface area contributed by atoms with Crippen molar-refractivity contribution >= 4 is 0 Å². The number of hydrogen-bond acceptors (Lipinski definition) is 4. The van der Waals surface area contributed by atoms with Crippen molar-refractivity contribution in [3.8, 4) is 0 Å². The quantitative estimate of drug-likeness (QED) is 0.368. The topological polar surface area (TPSA) is 92.2 Å². The summed E-state index contributed by atoms with van der Waals surface area (Å²) < 4.78 is 126. The Morgan fingerprint density at radius 1 is 0.360 bits per heavy atom. The van der Waals surface area contributed by atoms with Gasteiger partial charge in [-0.2, -0.15) is 52.7 Å². The van der Waals surface area contributed by atoms with Gasteiger partial charge in [0, 0.05) is 22.4 Å². The Bertz CT molecular complexity index is 216. The second-order valence-electron chi connectivity index (χ2n) is 3.04. The predicted molar refractivity (Wildman–Crippen MR) is 43.7 cm³/mol. The van der Waals surface area contributed by atoms with Crippen LogP contribution in [-0.2, 0) is 22.4 Å². The van der Waals surface area contributed by atoms with Gasteiger partial charge in [0.25, 0.3) is 0 Å². The molecule has 0 aromatic heterocycles. The van der Waals surface area contributed by atoms with Gasteiger partial charge in [-0.3, -0.25) is 0 Å². The van der Waals surface area contributed by atoms with Crippen molar-refractivity contribution in [2.75, 3.05) is 26.4 Å². The number of hydrogen-bond donors (Lipinski definition) is 0. The van der Waals surface area contributed by atoms with Crippen LogP contribution in [0.4, 0.5) is 52.7 Å². The zero-order chi connectivity index (χ0) is 20.8. The van der Waals surface area contributed by atoms with Crippen LogP contribution in [0.15, 0.2) is 0 Å². The van der Waals surface area contributed by atoms with Crippen LogP contribution in [0.2, 0.25) is 0 Å². The van der Waals surface area contributed by atoms with Gasteiger partial charge in [0.05, 0.1) is 0 Å². The Morgan fingerprint density at radius 2 is 0.400 bits per heavy atom. The fraction of sp³-hybridized carbons (Fsp3) is 1.00. The molecule has 0 N–H and O–H groups in total. The van der Waals surface area contributed by atoms with Crippen molar-refractivity contribution in [2.24, 2.45) is 0 Å². The van der Waals surface area contributed by atoms with E-state index in [4.69, 9.17) is 20.4 Å². The van der Waals surface area contributed by atoms with E-state index in [2.05, 4.69) is 0 Å². The molecule has 25 heavy (non-hydrogen) atoms. The minimum Gasteiger partial charge on any atom is -0.848 e.